The van der Waals surface area contributed by atoms with Crippen LogP contribution in [0.4, 0.5) is 13.2 Å². The molecular formula is C20H25F3N2O2. The highest BCUT2D eigenvalue weighted by atomic mass is 19.4. The van der Waals surface area contributed by atoms with Gasteiger partial charge in [0.1, 0.15) is 6.04 Å². The van der Waals surface area contributed by atoms with Crippen LogP contribution in [0.5, 0.6) is 0 Å². The van der Waals surface area contributed by atoms with Crippen molar-refractivity contribution in [1.29, 1.82) is 0 Å². The Bertz CT molecular complexity index is 844. The predicted molar refractivity (Wildman–Crippen MR) is 97.9 cm³/mol. The number of nitrogens with zero attached hydrogens (tertiary/aromatic N) is 2. The summed E-state index contributed by atoms with van der Waals surface area (Å²) in [5, 5.41) is 0.772. The first-order valence-electron chi connectivity index (χ1n) is 9.11. The normalized spacial score (nSPS) is 22.8. The lowest BCUT2D eigenvalue weighted by atomic mass is 9.85. The molecule has 0 bridgehead atoms. The van der Waals surface area contributed by atoms with Crippen molar-refractivity contribution in [2.45, 2.75) is 44.9 Å². The van der Waals surface area contributed by atoms with Gasteiger partial charge in [-0.15, -0.1) is 0 Å². The number of hydrogen-bond donors (Lipinski definition) is 0. The van der Waals surface area contributed by atoms with Crippen molar-refractivity contribution in [3.8, 4) is 0 Å². The first kappa shape index (κ1) is 19.7. The number of likely N-dealkylation sites (tertiary alicyclic amines) is 1. The standard InChI is InChI=1S/C20H25F3N2O2/c1-12(14-9-10-24(3)17(11-14)20(21,22)23)25-13(2)18(19(26)27-4)15-7-5-6-8-16(15)25/h5-8,12,14,17H,9-11H2,1-4H3. The molecule has 1 aliphatic heterocycles. The number of esters is 1. The van der Waals surface area contributed by atoms with E-state index < -0.39 is 18.2 Å². The SMILES string of the molecule is COC(=O)c1c(C)n(C(C)C2CCN(C)C(C(F)(F)F)C2)c2ccccc12. The van der Waals surface area contributed by atoms with Gasteiger partial charge in [0.05, 0.1) is 12.7 Å². The molecule has 148 valence electrons. The van der Waals surface area contributed by atoms with Crippen LogP contribution in [-0.2, 0) is 4.74 Å². The fraction of sp³-hybridized carbons (Fsp3) is 0.550. The van der Waals surface area contributed by atoms with Gasteiger partial charge in [-0.3, -0.25) is 4.90 Å². The average Bonchev–Trinajstić information content (AvgIpc) is 2.91. The number of rotatable bonds is 3. The number of carbonyl (C=O) groups excluding carboxylic acids is 1. The minimum absolute atomic E-state index is 0.0562. The van der Waals surface area contributed by atoms with Crippen molar-refractivity contribution in [3.63, 3.8) is 0 Å². The van der Waals surface area contributed by atoms with E-state index in [2.05, 4.69) is 0 Å². The highest BCUT2D eigenvalue weighted by Crippen LogP contribution is 2.40. The van der Waals surface area contributed by atoms with Crippen LogP contribution in [0.25, 0.3) is 10.9 Å². The topological polar surface area (TPSA) is 34.5 Å². The molecule has 3 unspecified atom stereocenters. The number of hydrogen-bond acceptors (Lipinski definition) is 3. The molecule has 3 atom stereocenters. The van der Waals surface area contributed by atoms with Crippen LogP contribution in [-0.4, -0.2) is 48.4 Å². The number of halogens is 3. The van der Waals surface area contributed by atoms with E-state index in [4.69, 9.17) is 4.74 Å². The number of para-hydroxylation sites is 1. The molecule has 2 aromatic rings. The Balaban J connectivity index is 2.02. The van der Waals surface area contributed by atoms with Gasteiger partial charge >= 0.3 is 12.1 Å². The Labute approximate surface area is 156 Å². The third-order valence-electron chi connectivity index (χ3n) is 5.92. The highest BCUT2D eigenvalue weighted by Gasteiger charge is 2.46. The maximum Gasteiger partial charge on any atom is 0.404 e. The summed E-state index contributed by atoms with van der Waals surface area (Å²) in [6.45, 7) is 4.18. The Kier molecular flexibility index (Phi) is 5.25. The monoisotopic (exact) mass is 382 g/mol. The van der Waals surface area contributed by atoms with E-state index in [0.717, 1.165) is 16.6 Å². The number of fused-ring (bicyclic) bond motifs is 1. The van der Waals surface area contributed by atoms with Crippen molar-refractivity contribution < 1.29 is 22.7 Å². The number of aromatic nitrogens is 1. The van der Waals surface area contributed by atoms with Gasteiger partial charge in [-0.25, -0.2) is 4.79 Å². The lowest BCUT2D eigenvalue weighted by molar-refractivity contribution is -0.192. The lowest BCUT2D eigenvalue weighted by Gasteiger charge is -2.40. The van der Waals surface area contributed by atoms with Crippen LogP contribution >= 0.6 is 0 Å². The fourth-order valence-corrected chi connectivity index (χ4v) is 4.42. The maximum atomic E-state index is 13.4. The van der Waals surface area contributed by atoms with Crippen LogP contribution in [0.1, 0.15) is 41.9 Å². The molecule has 27 heavy (non-hydrogen) atoms. The van der Waals surface area contributed by atoms with Gasteiger partial charge < -0.3 is 9.30 Å². The van der Waals surface area contributed by atoms with Gasteiger partial charge in [-0.2, -0.15) is 13.2 Å². The van der Waals surface area contributed by atoms with Crippen LogP contribution in [0.15, 0.2) is 24.3 Å². The number of piperidine rings is 1. The van der Waals surface area contributed by atoms with Crippen LogP contribution in [0.2, 0.25) is 0 Å². The number of benzene rings is 1. The molecule has 1 aliphatic rings. The molecule has 1 fully saturated rings. The zero-order valence-electron chi connectivity index (χ0n) is 16.0. The van der Waals surface area contributed by atoms with Crippen molar-refractivity contribution in [3.05, 3.63) is 35.5 Å². The summed E-state index contributed by atoms with van der Waals surface area (Å²) in [4.78, 5) is 13.7. The largest absolute Gasteiger partial charge is 0.465 e. The minimum Gasteiger partial charge on any atom is -0.465 e. The molecule has 0 N–H and O–H groups in total. The Morgan fingerprint density at radius 3 is 2.59 bits per heavy atom. The van der Waals surface area contributed by atoms with E-state index in [0.29, 0.717) is 18.5 Å². The van der Waals surface area contributed by atoms with Gasteiger partial charge in [-0.05, 0) is 52.3 Å². The molecule has 0 radical (unpaired) electrons. The van der Waals surface area contributed by atoms with Crippen molar-refractivity contribution in [2.24, 2.45) is 5.92 Å². The molecule has 7 heteroatoms. The molecule has 3 rings (SSSR count). The predicted octanol–water partition coefficient (Wildman–Crippen LogP) is 4.57. The summed E-state index contributed by atoms with van der Waals surface area (Å²) >= 11 is 0. The number of methoxy groups -OCH3 is 1. The summed E-state index contributed by atoms with van der Waals surface area (Å²) < 4.78 is 47.2. The van der Waals surface area contributed by atoms with Crippen LogP contribution in [0.3, 0.4) is 0 Å². The lowest BCUT2D eigenvalue weighted by Crippen LogP contribution is -2.49. The first-order chi connectivity index (χ1) is 12.7. The number of carbonyl (C=O) groups is 1. The maximum absolute atomic E-state index is 13.4. The summed E-state index contributed by atoms with van der Waals surface area (Å²) in [6.07, 6.45) is -3.50. The highest BCUT2D eigenvalue weighted by molar-refractivity contribution is 6.05. The molecule has 0 spiro atoms. The van der Waals surface area contributed by atoms with Gasteiger partial charge in [0, 0.05) is 22.6 Å². The zero-order valence-corrected chi connectivity index (χ0v) is 16.0. The van der Waals surface area contributed by atoms with Crippen molar-refractivity contribution in [1.82, 2.24) is 9.47 Å². The summed E-state index contributed by atoms with van der Waals surface area (Å²) in [6, 6.07) is 5.89. The third kappa shape index (κ3) is 3.45. The Morgan fingerprint density at radius 1 is 1.30 bits per heavy atom. The minimum atomic E-state index is -4.24. The second kappa shape index (κ2) is 7.19. The van der Waals surface area contributed by atoms with E-state index in [-0.39, 0.29) is 18.4 Å². The summed E-state index contributed by atoms with van der Waals surface area (Å²) in [5.74, 6) is -0.556. The molecular weight excluding hydrogens is 357 g/mol. The van der Waals surface area contributed by atoms with Gasteiger partial charge in [0.25, 0.3) is 0 Å². The van der Waals surface area contributed by atoms with Crippen LogP contribution in [0, 0.1) is 12.8 Å². The molecule has 1 aromatic carbocycles. The van der Waals surface area contributed by atoms with Crippen LogP contribution < -0.4 is 0 Å². The molecule has 4 nitrogen and oxygen atoms in total. The van der Waals surface area contributed by atoms with Gasteiger partial charge in [-0.1, -0.05) is 18.2 Å². The summed E-state index contributed by atoms with van der Waals surface area (Å²) in [7, 11) is 2.87. The van der Waals surface area contributed by atoms with Gasteiger partial charge in [0.15, 0.2) is 0 Å². The molecule has 1 aromatic heterocycles. The van der Waals surface area contributed by atoms with E-state index in [1.807, 2.05) is 42.7 Å². The van der Waals surface area contributed by atoms with E-state index in [9.17, 15) is 18.0 Å². The molecule has 0 aliphatic carbocycles. The molecule has 0 saturated carbocycles. The first-order valence-corrected chi connectivity index (χ1v) is 9.11. The Morgan fingerprint density at radius 2 is 1.96 bits per heavy atom. The van der Waals surface area contributed by atoms with E-state index in [1.165, 1.54) is 19.1 Å². The fourth-order valence-electron chi connectivity index (χ4n) is 4.42. The molecule has 0 amide bonds. The third-order valence-corrected chi connectivity index (χ3v) is 5.92. The Hall–Kier alpha value is -2.02. The number of alkyl halides is 3. The second-order valence-electron chi connectivity index (χ2n) is 7.40. The molecule has 2 heterocycles. The average molecular weight is 382 g/mol. The van der Waals surface area contributed by atoms with Crippen molar-refractivity contribution in [2.75, 3.05) is 20.7 Å². The second-order valence-corrected chi connectivity index (χ2v) is 7.40. The summed E-state index contributed by atoms with van der Waals surface area (Å²) in [5.41, 5.74) is 2.07. The number of ether oxygens (including phenoxy) is 1. The zero-order chi connectivity index (χ0) is 19.9. The smallest absolute Gasteiger partial charge is 0.404 e. The van der Waals surface area contributed by atoms with E-state index in [1.54, 1.807) is 0 Å². The van der Waals surface area contributed by atoms with Crippen molar-refractivity contribution >= 4 is 16.9 Å². The quantitative estimate of drug-likeness (QED) is 0.730. The van der Waals surface area contributed by atoms with Gasteiger partial charge in [0.2, 0.25) is 0 Å². The molecule has 1 saturated heterocycles. The van der Waals surface area contributed by atoms with E-state index >= 15 is 0 Å².